The average molecular weight is 477 g/mol. The fraction of sp³-hybridized carbons (Fsp3) is 0.524. The molecule has 9 heteroatoms. The van der Waals surface area contributed by atoms with Crippen LogP contribution in [0.2, 0.25) is 0 Å². The minimum Gasteiger partial charge on any atom is -0.469 e. The van der Waals surface area contributed by atoms with Gasteiger partial charge in [0.2, 0.25) is 3.79 Å². The van der Waals surface area contributed by atoms with Crippen molar-refractivity contribution in [3.8, 4) is 11.8 Å². The molecule has 5 nitrogen and oxygen atoms in total. The standard InChI is InChI=1S/C21H21Cl3FNO4/c1-29-19(27)18-16(14-6-4-13(5-7-14)3-2-10-25)11-15-8-9-17(18)26(15)20(28)30-12-21(22,23)24/h4-7,15-18H,8-12H2,1H3. The third-order valence-electron chi connectivity index (χ3n) is 5.60. The Morgan fingerprint density at radius 2 is 1.93 bits per heavy atom. The van der Waals surface area contributed by atoms with E-state index in [1.807, 2.05) is 12.1 Å². The number of alkyl halides is 4. The van der Waals surface area contributed by atoms with Crippen LogP contribution in [0, 0.1) is 17.8 Å². The Labute approximate surface area is 189 Å². The van der Waals surface area contributed by atoms with Crippen molar-refractivity contribution in [3.05, 3.63) is 35.4 Å². The van der Waals surface area contributed by atoms with Crippen molar-refractivity contribution in [2.45, 2.75) is 41.1 Å². The molecule has 30 heavy (non-hydrogen) atoms. The molecule has 1 amide bonds. The molecule has 4 unspecified atom stereocenters. The number of methoxy groups -OCH3 is 1. The quantitative estimate of drug-likeness (QED) is 0.363. The van der Waals surface area contributed by atoms with Crippen LogP contribution in [0.1, 0.15) is 36.3 Å². The Morgan fingerprint density at radius 3 is 2.53 bits per heavy atom. The lowest BCUT2D eigenvalue weighted by atomic mass is 9.76. The van der Waals surface area contributed by atoms with Crippen LogP contribution in [0.25, 0.3) is 0 Å². The highest BCUT2D eigenvalue weighted by Gasteiger charge is 2.53. The number of ether oxygens (including phenoxy) is 2. The molecule has 0 spiro atoms. The first kappa shape index (κ1) is 23.0. The topological polar surface area (TPSA) is 55.8 Å². The lowest BCUT2D eigenvalue weighted by Crippen LogP contribution is -2.53. The second-order valence-electron chi connectivity index (χ2n) is 7.32. The molecule has 1 aromatic carbocycles. The monoisotopic (exact) mass is 475 g/mol. The van der Waals surface area contributed by atoms with Crippen molar-refractivity contribution in [1.82, 2.24) is 4.90 Å². The van der Waals surface area contributed by atoms with Crippen LogP contribution >= 0.6 is 34.8 Å². The second-order valence-corrected chi connectivity index (χ2v) is 9.84. The zero-order valence-corrected chi connectivity index (χ0v) is 18.5. The van der Waals surface area contributed by atoms with Crippen LogP contribution in [-0.4, -0.2) is 53.2 Å². The molecule has 2 heterocycles. The Morgan fingerprint density at radius 1 is 1.23 bits per heavy atom. The molecule has 2 aliphatic rings. The fourth-order valence-electron chi connectivity index (χ4n) is 4.46. The number of hydrogen-bond acceptors (Lipinski definition) is 4. The number of halogens is 4. The summed E-state index contributed by atoms with van der Waals surface area (Å²) in [6, 6.07) is 6.93. The summed E-state index contributed by atoms with van der Waals surface area (Å²) >= 11 is 17.1. The van der Waals surface area contributed by atoms with Crippen LogP contribution in [0.15, 0.2) is 24.3 Å². The van der Waals surface area contributed by atoms with E-state index in [0.717, 1.165) is 12.0 Å². The van der Waals surface area contributed by atoms with Gasteiger partial charge in [0, 0.05) is 23.6 Å². The number of carbonyl (C=O) groups is 2. The number of esters is 1. The van der Waals surface area contributed by atoms with E-state index < -0.39 is 22.5 Å². The number of carbonyl (C=O) groups excluding carboxylic acids is 2. The van der Waals surface area contributed by atoms with Gasteiger partial charge in [0.05, 0.1) is 13.0 Å². The maximum atomic E-state index is 12.7. The van der Waals surface area contributed by atoms with Gasteiger partial charge in [0.15, 0.2) is 6.67 Å². The molecule has 1 aromatic rings. The number of nitrogens with zero attached hydrogens (tertiary/aromatic N) is 1. The van der Waals surface area contributed by atoms with Gasteiger partial charge >= 0.3 is 12.1 Å². The van der Waals surface area contributed by atoms with Gasteiger partial charge in [-0.15, -0.1) is 0 Å². The fourth-order valence-corrected chi connectivity index (χ4v) is 4.62. The summed E-state index contributed by atoms with van der Waals surface area (Å²) in [4.78, 5) is 27.0. The number of rotatable bonds is 3. The van der Waals surface area contributed by atoms with E-state index in [-0.39, 0.29) is 30.6 Å². The summed E-state index contributed by atoms with van der Waals surface area (Å²) in [5.41, 5.74) is 1.64. The molecule has 162 valence electrons. The largest absolute Gasteiger partial charge is 0.469 e. The van der Waals surface area contributed by atoms with Crippen LogP contribution in [0.3, 0.4) is 0 Å². The van der Waals surface area contributed by atoms with Gasteiger partial charge in [0.1, 0.15) is 6.61 Å². The van der Waals surface area contributed by atoms with Crippen molar-refractivity contribution in [2.75, 3.05) is 20.4 Å². The third kappa shape index (κ3) is 5.14. The van der Waals surface area contributed by atoms with Gasteiger partial charge in [-0.25, -0.2) is 9.18 Å². The molecular formula is C21H21Cl3FNO4. The Hall–Kier alpha value is -1.68. The van der Waals surface area contributed by atoms with E-state index in [0.29, 0.717) is 18.4 Å². The van der Waals surface area contributed by atoms with E-state index in [2.05, 4.69) is 11.8 Å². The SMILES string of the molecule is COC(=O)C1C(c2ccc(C#CCF)cc2)CC2CCC1N2C(=O)OCC(Cl)(Cl)Cl. The molecule has 2 aliphatic heterocycles. The van der Waals surface area contributed by atoms with E-state index in [1.54, 1.807) is 17.0 Å². The number of piperidine rings is 1. The van der Waals surface area contributed by atoms with Gasteiger partial charge in [-0.2, -0.15) is 0 Å². The Balaban J connectivity index is 1.84. The highest BCUT2D eigenvalue weighted by molar-refractivity contribution is 6.67. The van der Waals surface area contributed by atoms with Crippen molar-refractivity contribution < 1.29 is 23.5 Å². The van der Waals surface area contributed by atoms with E-state index in [1.165, 1.54) is 7.11 Å². The lowest BCUT2D eigenvalue weighted by Gasteiger charge is -2.43. The molecule has 0 aromatic heterocycles. The number of benzene rings is 1. The number of amides is 1. The second kappa shape index (κ2) is 9.64. The summed E-state index contributed by atoms with van der Waals surface area (Å²) in [5, 5.41) is 0. The molecule has 4 atom stereocenters. The van der Waals surface area contributed by atoms with Crippen molar-refractivity contribution in [1.29, 1.82) is 0 Å². The summed E-state index contributed by atoms with van der Waals surface area (Å²) < 4.78 is 20.8. The molecular weight excluding hydrogens is 456 g/mol. The highest BCUT2D eigenvalue weighted by atomic mass is 35.6. The van der Waals surface area contributed by atoms with Crippen molar-refractivity contribution >= 4 is 46.9 Å². The molecule has 0 radical (unpaired) electrons. The highest BCUT2D eigenvalue weighted by Crippen LogP contribution is 2.47. The van der Waals surface area contributed by atoms with Gasteiger partial charge in [-0.1, -0.05) is 58.8 Å². The number of fused-ring (bicyclic) bond motifs is 2. The summed E-state index contributed by atoms with van der Waals surface area (Å²) in [6.07, 6.45) is 1.38. The molecule has 0 N–H and O–H groups in total. The molecule has 0 saturated carbocycles. The van der Waals surface area contributed by atoms with Crippen LogP contribution in [0.4, 0.5) is 9.18 Å². The van der Waals surface area contributed by atoms with Gasteiger partial charge in [-0.05, 0) is 37.0 Å². The molecule has 2 saturated heterocycles. The predicted molar refractivity (Wildman–Crippen MR) is 112 cm³/mol. The Bertz CT molecular complexity index is 847. The Kier molecular flexibility index (Phi) is 7.38. The van der Waals surface area contributed by atoms with Gasteiger partial charge in [0.25, 0.3) is 0 Å². The van der Waals surface area contributed by atoms with Gasteiger partial charge in [-0.3, -0.25) is 4.79 Å². The van der Waals surface area contributed by atoms with Crippen molar-refractivity contribution in [2.24, 2.45) is 5.92 Å². The van der Waals surface area contributed by atoms with Gasteiger partial charge < -0.3 is 14.4 Å². The average Bonchev–Trinajstić information content (AvgIpc) is 3.03. The summed E-state index contributed by atoms with van der Waals surface area (Å²) in [7, 11) is 1.33. The molecule has 2 fully saturated rings. The van der Waals surface area contributed by atoms with E-state index in [9.17, 15) is 14.0 Å². The maximum absolute atomic E-state index is 12.7. The minimum absolute atomic E-state index is 0.0882. The summed E-state index contributed by atoms with van der Waals surface area (Å²) in [6.45, 7) is -1.08. The zero-order valence-electron chi connectivity index (χ0n) is 16.2. The van der Waals surface area contributed by atoms with E-state index >= 15 is 0 Å². The minimum atomic E-state index is -1.71. The third-order valence-corrected chi connectivity index (χ3v) is 5.93. The maximum Gasteiger partial charge on any atom is 0.410 e. The zero-order chi connectivity index (χ0) is 21.9. The number of hydrogen-bond donors (Lipinski definition) is 0. The van der Waals surface area contributed by atoms with Crippen LogP contribution in [0.5, 0.6) is 0 Å². The lowest BCUT2D eigenvalue weighted by molar-refractivity contribution is -0.150. The first-order valence-electron chi connectivity index (χ1n) is 9.49. The van der Waals surface area contributed by atoms with Crippen molar-refractivity contribution in [3.63, 3.8) is 0 Å². The molecule has 3 rings (SSSR count). The molecule has 0 aliphatic carbocycles. The smallest absolute Gasteiger partial charge is 0.410 e. The van der Waals surface area contributed by atoms with Crippen LogP contribution in [-0.2, 0) is 14.3 Å². The predicted octanol–water partition coefficient (Wildman–Crippen LogP) is 4.62. The summed E-state index contributed by atoms with van der Waals surface area (Å²) in [5.74, 6) is 4.06. The normalized spacial score (nSPS) is 25.3. The van der Waals surface area contributed by atoms with E-state index in [4.69, 9.17) is 44.3 Å². The molecule has 2 bridgehead atoms. The van der Waals surface area contributed by atoms with Crippen LogP contribution < -0.4 is 0 Å². The first-order valence-corrected chi connectivity index (χ1v) is 10.6. The first-order chi connectivity index (χ1) is 14.2.